The summed E-state index contributed by atoms with van der Waals surface area (Å²) in [5, 5.41) is 2.94. The van der Waals surface area contributed by atoms with Crippen LogP contribution in [0.5, 0.6) is 11.5 Å². The number of nitrogens with one attached hydrogen (secondary N) is 1. The Kier molecular flexibility index (Phi) is 6.33. The summed E-state index contributed by atoms with van der Waals surface area (Å²) < 4.78 is 16.4. The first-order valence-corrected chi connectivity index (χ1v) is 8.83. The monoisotopic (exact) mass is 356 g/mol. The Hall–Kier alpha value is -2.73. The van der Waals surface area contributed by atoms with Crippen molar-refractivity contribution in [3.05, 3.63) is 48.5 Å². The fourth-order valence-electron chi connectivity index (χ4n) is 2.81. The second-order valence-corrected chi connectivity index (χ2v) is 5.86. The van der Waals surface area contributed by atoms with E-state index in [0.29, 0.717) is 25.6 Å². The molecule has 1 saturated heterocycles. The second kappa shape index (κ2) is 9.10. The largest absolute Gasteiger partial charge is 0.494 e. The first-order chi connectivity index (χ1) is 12.8. The van der Waals surface area contributed by atoms with Gasteiger partial charge in [0.2, 0.25) is 0 Å². The molecule has 0 spiro atoms. The Bertz CT molecular complexity index is 729. The molecule has 6 nitrogen and oxygen atoms in total. The van der Waals surface area contributed by atoms with Gasteiger partial charge in [-0.05, 0) is 31.2 Å². The maximum Gasteiger partial charge on any atom is 0.262 e. The van der Waals surface area contributed by atoms with E-state index in [0.717, 1.165) is 30.2 Å². The lowest BCUT2D eigenvalue weighted by molar-refractivity contribution is -0.118. The zero-order chi connectivity index (χ0) is 18.2. The van der Waals surface area contributed by atoms with E-state index in [1.165, 1.54) is 0 Å². The highest BCUT2D eigenvalue weighted by molar-refractivity contribution is 5.95. The van der Waals surface area contributed by atoms with E-state index >= 15 is 0 Å². The Balaban J connectivity index is 1.59. The predicted molar refractivity (Wildman–Crippen MR) is 101 cm³/mol. The van der Waals surface area contributed by atoms with Gasteiger partial charge in [-0.1, -0.05) is 18.2 Å². The molecule has 1 aliphatic heterocycles. The molecule has 2 aromatic rings. The van der Waals surface area contributed by atoms with Crippen LogP contribution in [0, 0.1) is 0 Å². The number of morpholine rings is 1. The van der Waals surface area contributed by atoms with Crippen molar-refractivity contribution in [1.82, 2.24) is 0 Å². The predicted octanol–water partition coefficient (Wildman–Crippen LogP) is 2.94. The minimum atomic E-state index is -0.201. The summed E-state index contributed by atoms with van der Waals surface area (Å²) >= 11 is 0. The highest BCUT2D eigenvalue weighted by Gasteiger charge is 2.15. The summed E-state index contributed by atoms with van der Waals surface area (Å²) in [6.07, 6.45) is 0. The van der Waals surface area contributed by atoms with Gasteiger partial charge >= 0.3 is 0 Å². The van der Waals surface area contributed by atoms with E-state index in [4.69, 9.17) is 14.2 Å². The number of benzene rings is 2. The van der Waals surface area contributed by atoms with Crippen LogP contribution in [0.25, 0.3) is 0 Å². The molecule has 0 atom stereocenters. The average molecular weight is 356 g/mol. The molecular weight excluding hydrogens is 332 g/mol. The van der Waals surface area contributed by atoms with Crippen LogP contribution in [-0.4, -0.2) is 45.4 Å². The van der Waals surface area contributed by atoms with E-state index < -0.39 is 0 Å². The number of carbonyl (C=O) groups is 1. The SMILES string of the molecule is CCOc1cccc(OCC(=O)Nc2ccccc2N2CCOCC2)c1. The lowest BCUT2D eigenvalue weighted by Gasteiger charge is -2.30. The molecule has 1 heterocycles. The summed E-state index contributed by atoms with van der Waals surface area (Å²) in [5.74, 6) is 1.13. The van der Waals surface area contributed by atoms with Crippen molar-refractivity contribution >= 4 is 17.3 Å². The third kappa shape index (κ3) is 4.89. The Morgan fingerprint density at radius 1 is 1.08 bits per heavy atom. The van der Waals surface area contributed by atoms with Crippen molar-refractivity contribution in [3.8, 4) is 11.5 Å². The fourth-order valence-corrected chi connectivity index (χ4v) is 2.81. The van der Waals surface area contributed by atoms with E-state index in [2.05, 4.69) is 10.2 Å². The van der Waals surface area contributed by atoms with Gasteiger partial charge in [-0.15, -0.1) is 0 Å². The molecule has 138 valence electrons. The van der Waals surface area contributed by atoms with Crippen molar-refractivity contribution in [3.63, 3.8) is 0 Å². The molecule has 1 fully saturated rings. The van der Waals surface area contributed by atoms with Crippen LogP contribution in [0.2, 0.25) is 0 Å². The molecule has 6 heteroatoms. The number of amides is 1. The molecule has 0 radical (unpaired) electrons. The maximum atomic E-state index is 12.3. The van der Waals surface area contributed by atoms with Crippen molar-refractivity contribution < 1.29 is 19.0 Å². The van der Waals surface area contributed by atoms with Crippen LogP contribution < -0.4 is 19.7 Å². The van der Waals surface area contributed by atoms with E-state index in [-0.39, 0.29) is 12.5 Å². The number of rotatable bonds is 7. The summed E-state index contributed by atoms with van der Waals surface area (Å²) in [4.78, 5) is 14.5. The highest BCUT2D eigenvalue weighted by Crippen LogP contribution is 2.26. The van der Waals surface area contributed by atoms with Gasteiger partial charge in [0.1, 0.15) is 11.5 Å². The van der Waals surface area contributed by atoms with Gasteiger partial charge in [-0.3, -0.25) is 4.79 Å². The molecule has 1 amide bonds. The Labute approximate surface area is 153 Å². The summed E-state index contributed by atoms with van der Waals surface area (Å²) in [5.41, 5.74) is 1.79. The molecule has 0 saturated carbocycles. The van der Waals surface area contributed by atoms with Gasteiger partial charge < -0.3 is 24.4 Å². The number of para-hydroxylation sites is 2. The van der Waals surface area contributed by atoms with Crippen LogP contribution in [0.15, 0.2) is 48.5 Å². The van der Waals surface area contributed by atoms with Crippen molar-refractivity contribution in [2.24, 2.45) is 0 Å². The molecule has 26 heavy (non-hydrogen) atoms. The third-order valence-electron chi connectivity index (χ3n) is 4.02. The van der Waals surface area contributed by atoms with Crippen LogP contribution in [-0.2, 0) is 9.53 Å². The van der Waals surface area contributed by atoms with Gasteiger partial charge in [-0.2, -0.15) is 0 Å². The number of nitrogens with zero attached hydrogens (tertiary/aromatic N) is 1. The average Bonchev–Trinajstić information content (AvgIpc) is 2.68. The molecule has 1 aliphatic rings. The minimum absolute atomic E-state index is 0.0625. The summed E-state index contributed by atoms with van der Waals surface area (Å²) in [6.45, 7) is 5.46. The lowest BCUT2D eigenvalue weighted by atomic mass is 10.2. The Morgan fingerprint density at radius 2 is 1.81 bits per heavy atom. The van der Waals surface area contributed by atoms with Gasteiger partial charge in [0, 0.05) is 19.2 Å². The highest BCUT2D eigenvalue weighted by atomic mass is 16.5. The molecule has 2 aromatic carbocycles. The normalized spacial score (nSPS) is 14.0. The number of hydrogen-bond acceptors (Lipinski definition) is 5. The van der Waals surface area contributed by atoms with Gasteiger partial charge in [0.15, 0.2) is 6.61 Å². The molecule has 1 N–H and O–H groups in total. The first-order valence-electron chi connectivity index (χ1n) is 8.83. The van der Waals surface area contributed by atoms with Crippen LogP contribution in [0.4, 0.5) is 11.4 Å². The first kappa shape index (κ1) is 18.1. The van der Waals surface area contributed by atoms with Crippen molar-refractivity contribution in [1.29, 1.82) is 0 Å². The summed E-state index contributed by atoms with van der Waals surface area (Å²) in [7, 11) is 0. The van der Waals surface area contributed by atoms with Gasteiger partial charge in [-0.25, -0.2) is 0 Å². The lowest BCUT2D eigenvalue weighted by Crippen LogP contribution is -2.36. The van der Waals surface area contributed by atoms with Gasteiger partial charge in [0.05, 0.1) is 31.2 Å². The number of anilines is 2. The van der Waals surface area contributed by atoms with Crippen molar-refractivity contribution in [2.45, 2.75) is 6.92 Å². The van der Waals surface area contributed by atoms with Crippen LogP contribution in [0.3, 0.4) is 0 Å². The van der Waals surface area contributed by atoms with E-state index in [1.54, 1.807) is 12.1 Å². The molecular formula is C20H24N2O4. The number of hydrogen-bond donors (Lipinski definition) is 1. The zero-order valence-corrected chi connectivity index (χ0v) is 14.9. The molecule has 0 aromatic heterocycles. The van der Waals surface area contributed by atoms with Crippen molar-refractivity contribution in [2.75, 3.05) is 49.7 Å². The number of ether oxygens (including phenoxy) is 3. The third-order valence-corrected chi connectivity index (χ3v) is 4.02. The minimum Gasteiger partial charge on any atom is -0.494 e. The zero-order valence-electron chi connectivity index (χ0n) is 14.9. The quantitative estimate of drug-likeness (QED) is 0.827. The van der Waals surface area contributed by atoms with Crippen LogP contribution >= 0.6 is 0 Å². The topological polar surface area (TPSA) is 60.0 Å². The summed E-state index contributed by atoms with van der Waals surface area (Å²) in [6, 6.07) is 15.1. The maximum absolute atomic E-state index is 12.3. The smallest absolute Gasteiger partial charge is 0.262 e. The standard InChI is InChI=1S/C20H24N2O4/c1-2-25-16-6-5-7-17(14-16)26-15-20(23)21-18-8-3-4-9-19(18)22-10-12-24-13-11-22/h3-9,14H,2,10-13,15H2,1H3,(H,21,23). The molecule has 3 rings (SSSR count). The second-order valence-electron chi connectivity index (χ2n) is 5.86. The van der Waals surface area contributed by atoms with E-state index in [1.807, 2.05) is 43.3 Å². The van der Waals surface area contributed by atoms with E-state index in [9.17, 15) is 4.79 Å². The van der Waals surface area contributed by atoms with Gasteiger partial charge in [0.25, 0.3) is 5.91 Å². The molecule has 0 unspecified atom stereocenters. The fraction of sp³-hybridized carbons (Fsp3) is 0.350. The Morgan fingerprint density at radius 3 is 2.58 bits per heavy atom. The molecule has 0 bridgehead atoms. The molecule has 0 aliphatic carbocycles. The van der Waals surface area contributed by atoms with Crippen LogP contribution in [0.1, 0.15) is 6.92 Å². The number of carbonyl (C=O) groups excluding carboxylic acids is 1.